The molecule has 0 saturated carbocycles. The van der Waals surface area contributed by atoms with Crippen LogP contribution in [0.2, 0.25) is 0 Å². The number of nitrogens with zero attached hydrogens (tertiary/aromatic N) is 3. The topological polar surface area (TPSA) is 63.0 Å². The van der Waals surface area contributed by atoms with Gasteiger partial charge in [-0.3, -0.25) is 9.78 Å². The van der Waals surface area contributed by atoms with Crippen LogP contribution in [0.4, 0.5) is 0 Å². The molecule has 3 rings (SSSR count). The summed E-state index contributed by atoms with van der Waals surface area (Å²) < 4.78 is 1.75. The van der Waals surface area contributed by atoms with Crippen LogP contribution in [-0.2, 0) is 12.8 Å². The quantitative estimate of drug-likeness (QED) is 0.649. The number of nitrogens with one attached hydrogen (secondary N) is 1. The molecule has 2 aromatic heterocycles. The summed E-state index contributed by atoms with van der Waals surface area (Å²) in [6.07, 6.45) is 5.49. The number of aromatic amines is 1. The van der Waals surface area contributed by atoms with Crippen LogP contribution in [0.3, 0.4) is 0 Å². The van der Waals surface area contributed by atoms with Gasteiger partial charge in [0.1, 0.15) is 6.33 Å². The van der Waals surface area contributed by atoms with Crippen LogP contribution in [0.1, 0.15) is 24.1 Å². The fourth-order valence-corrected chi connectivity index (χ4v) is 2.07. The first kappa shape index (κ1) is 7.73. The highest BCUT2D eigenvalue weighted by Crippen LogP contribution is 2.17. The molecule has 5 nitrogen and oxygen atoms in total. The van der Waals surface area contributed by atoms with Gasteiger partial charge in [0.05, 0.1) is 5.69 Å². The van der Waals surface area contributed by atoms with Gasteiger partial charge < -0.3 is 0 Å². The van der Waals surface area contributed by atoms with E-state index < -0.39 is 0 Å². The second-order valence-electron chi connectivity index (χ2n) is 3.58. The molecule has 0 saturated heterocycles. The normalized spacial score (nSPS) is 15.7. The third kappa shape index (κ3) is 0.921. The van der Waals surface area contributed by atoms with E-state index in [0.717, 1.165) is 36.9 Å². The molecule has 14 heavy (non-hydrogen) atoms. The van der Waals surface area contributed by atoms with Gasteiger partial charge in [0, 0.05) is 5.56 Å². The van der Waals surface area contributed by atoms with E-state index in [9.17, 15) is 4.79 Å². The van der Waals surface area contributed by atoms with E-state index in [1.807, 2.05) is 0 Å². The van der Waals surface area contributed by atoms with Gasteiger partial charge >= 0.3 is 0 Å². The Morgan fingerprint density at radius 2 is 2.21 bits per heavy atom. The van der Waals surface area contributed by atoms with E-state index >= 15 is 0 Å². The highest BCUT2D eigenvalue weighted by molar-refractivity contribution is 5.32. The first-order valence-electron chi connectivity index (χ1n) is 4.80. The van der Waals surface area contributed by atoms with Crippen molar-refractivity contribution in [3.8, 4) is 0 Å². The van der Waals surface area contributed by atoms with E-state index in [4.69, 9.17) is 0 Å². The first-order valence-corrected chi connectivity index (χ1v) is 4.80. The lowest BCUT2D eigenvalue weighted by atomic mass is 9.97. The maximum atomic E-state index is 11.6. The minimum atomic E-state index is 0.000185. The Bertz CT molecular complexity index is 539. The Hall–Kier alpha value is -1.65. The maximum absolute atomic E-state index is 11.6. The van der Waals surface area contributed by atoms with Crippen molar-refractivity contribution in [2.45, 2.75) is 25.7 Å². The molecule has 0 bridgehead atoms. The molecule has 0 fully saturated rings. The number of fused-ring (bicyclic) bond motifs is 3. The number of hydrogen-bond donors (Lipinski definition) is 1. The third-order valence-electron chi connectivity index (χ3n) is 2.74. The Kier molecular flexibility index (Phi) is 1.47. The SMILES string of the molecule is O=c1[nH]c2ncnn2c2c1CCCC2. The minimum Gasteiger partial charge on any atom is -0.291 e. The molecule has 0 aliphatic heterocycles. The second kappa shape index (κ2) is 2.67. The molecule has 5 heteroatoms. The predicted octanol–water partition coefficient (Wildman–Crippen LogP) is 0.296. The minimum absolute atomic E-state index is 0.000185. The summed E-state index contributed by atoms with van der Waals surface area (Å²) >= 11 is 0. The zero-order valence-corrected chi connectivity index (χ0v) is 7.66. The Morgan fingerprint density at radius 1 is 1.36 bits per heavy atom. The van der Waals surface area contributed by atoms with Crippen LogP contribution in [0.15, 0.2) is 11.1 Å². The summed E-state index contributed by atoms with van der Waals surface area (Å²) in [6.45, 7) is 0. The molecule has 0 spiro atoms. The second-order valence-corrected chi connectivity index (χ2v) is 3.58. The van der Waals surface area contributed by atoms with Crippen molar-refractivity contribution in [1.29, 1.82) is 0 Å². The summed E-state index contributed by atoms with van der Waals surface area (Å²) in [5.41, 5.74) is 1.92. The van der Waals surface area contributed by atoms with Crippen molar-refractivity contribution in [3.05, 3.63) is 27.9 Å². The van der Waals surface area contributed by atoms with Crippen LogP contribution in [0.5, 0.6) is 0 Å². The smallest absolute Gasteiger partial charge is 0.255 e. The van der Waals surface area contributed by atoms with E-state index in [-0.39, 0.29) is 5.56 Å². The summed E-state index contributed by atoms with van der Waals surface area (Å²) in [5.74, 6) is 0.552. The molecule has 72 valence electrons. The number of hydrogen-bond acceptors (Lipinski definition) is 3. The first-order chi connectivity index (χ1) is 6.86. The van der Waals surface area contributed by atoms with Crippen molar-refractivity contribution in [3.63, 3.8) is 0 Å². The highest BCUT2D eigenvalue weighted by Gasteiger charge is 2.16. The zero-order chi connectivity index (χ0) is 9.54. The Morgan fingerprint density at radius 3 is 3.14 bits per heavy atom. The molecule has 2 heterocycles. The van der Waals surface area contributed by atoms with Gasteiger partial charge in [0.15, 0.2) is 0 Å². The largest absolute Gasteiger partial charge is 0.291 e. The number of aryl methyl sites for hydroxylation is 1. The molecule has 0 atom stereocenters. The summed E-state index contributed by atoms with van der Waals surface area (Å²) in [6, 6.07) is 0. The summed E-state index contributed by atoms with van der Waals surface area (Å²) in [7, 11) is 0. The Labute approximate surface area is 79.8 Å². The van der Waals surface area contributed by atoms with E-state index in [1.165, 1.54) is 6.33 Å². The molecule has 0 unspecified atom stereocenters. The maximum Gasteiger partial charge on any atom is 0.255 e. The van der Waals surface area contributed by atoms with Gasteiger partial charge in [-0.05, 0) is 25.7 Å². The lowest BCUT2D eigenvalue weighted by Crippen LogP contribution is -2.23. The molecule has 1 N–H and O–H groups in total. The van der Waals surface area contributed by atoms with Crippen molar-refractivity contribution >= 4 is 5.78 Å². The van der Waals surface area contributed by atoms with Gasteiger partial charge in [0.25, 0.3) is 5.56 Å². The highest BCUT2D eigenvalue weighted by atomic mass is 16.1. The van der Waals surface area contributed by atoms with E-state index in [2.05, 4.69) is 15.1 Å². The van der Waals surface area contributed by atoms with Gasteiger partial charge in [-0.1, -0.05) is 0 Å². The fraction of sp³-hybridized carbons (Fsp3) is 0.444. The van der Waals surface area contributed by atoms with E-state index in [0.29, 0.717) is 5.78 Å². The zero-order valence-electron chi connectivity index (χ0n) is 7.66. The lowest BCUT2D eigenvalue weighted by Gasteiger charge is -2.14. The van der Waals surface area contributed by atoms with Gasteiger partial charge in [-0.15, -0.1) is 0 Å². The molecular formula is C9H10N4O. The molecule has 0 aromatic carbocycles. The molecular weight excluding hydrogens is 180 g/mol. The van der Waals surface area contributed by atoms with Crippen LogP contribution in [0, 0.1) is 0 Å². The Balaban J connectivity index is 2.45. The van der Waals surface area contributed by atoms with Gasteiger partial charge in [-0.25, -0.2) is 4.52 Å². The van der Waals surface area contributed by atoms with Crippen molar-refractivity contribution in [2.75, 3.05) is 0 Å². The average molecular weight is 190 g/mol. The van der Waals surface area contributed by atoms with Crippen LogP contribution >= 0.6 is 0 Å². The van der Waals surface area contributed by atoms with Gasteiger partial charge in [0.2, 0.25) is 5.78 Å². The van der Waals surface area contributed by atoms with Crippen molar-refractivity contribution < 1.29 is 0 Å². The van der Waals surface area contributed by atoms with Crippen LogP contribution in [0.25, 0.3) is 5.78 Å². The predicted molar refractivity (Wildman–Crippen MR) is 50.2 cm³/mol. The van der Waals surface area contributed by atoms with Crippen LogP contribution in [-0.4, -0.2) is 19.6 Å². The number of rotatable bonds is 0. The molecule has 1 aliphatic carbocycles. The fourth-order valence-electron chi connectivity index (χ4n) is 2.07. The molecule has 0 amide bonds. The third-order valence-corrected chi connectivity index (χ3v) is 2.74. The van der Waals surface area contributed by atoms with Crippen LogP contribution < -0.4 is 5.56 Å². The number of H-pyrrole nitrogens is 1. The average Bonchev–Trinajstić information content (AvgIpc) is 2.66. The van der Waals surface area contributed by atoms with Crippen molar-refractivity contribution in [1.82, 2.24) is 19.6 Å². The van der Waals surface area contributed by atoms with Gasteiger partial charge in [-0.2, -0.15) is 10.1 Å². The van der Waals surface area contributed by atoms with E-state index in [1.54, 1.807) is 4.52 Å². The van der Waals surface area contributed by atoms with Crippen molar-refractivity contribution in [2.24, 2.45) is 0 Å². The lowest BCUT2D eigenvalue weighted by molar-refractivity contribution is 0.634. The number of aromatic nitrogens is 4. The molecule has 1 aliphatic rings. The molecule has 0 radical (unpaired) electrons. The summed E-state index contributed by atoms with van der Waals surface area (Å²) in [4.78, 5) is 18.4. The standard InChI is InChI=1S/C9H10N4O/c14-8-6-3-1-2-4-7(6)13-9(12-8)10-5-11-13/h5H,1-4H2,(H,10,11,12,14). The molecule has 2 aromatic rings. The monoisotopic (exact) mass is 190 g/mol. The summed E-state index contributed by atoms with van der Waals surface area (Å²) in [5, 5.41) is 4.11.